The van der Waals surface area contributed by atoms with E-state index in [4.69, 9.17) is 18.7 Å². The lowest BCUT2D eigenvalue weighted by Gasteiger charge is -1.59. The molecule has 7 heavy (non-hydrogen) atoms. The van der Waals surface area contributed by atoms with Crippen LogP contribution in [0, 0.1) is 5.41 Å². The SMILES string of the molecule is N=C=S.O=S(O)O. The summed E-state index contributed by atoms with van der Waals surface area (Å²) in [5.41, 5.74) is 0. The van der Waals surface area contributed by atoms with Crippen LogP contribution in [0.25, 0.3) is 0 Å². The second-order valence-electron chi connectivity index (χ2n) is 0.333. The molecule has 0 aliphatic carbocycles. The predicted molar refractivity (Wildman–Crippen MR) is 28.7 cm³/mol. The standard InChI is InChI=1S/CHNS.H2O3S/c2-1-3;1-4(2)3/h2H;(H2,1,2,3). The first-order valence-electron chi connectivity index (χ1n) is 0.986. The summed E-state index contributed by atoms with van der Waals surface area (Å²) >= 11 is 1.20. The van der Waals surface area contributed by atoms with Crippen LogP contribution in [-0.4, -0.2) is 18.5 Å². The zero-order valence-electron chi connectivity index (χ0n) is 3.12. The summed E-state index contributed by atoms with van der Waals surface area (Å²) in [6.45, 7) is 0. The van der Waals surface area contributed by atoms with Crippen molar-refractivity contribution in [1.82, 2.24) is 0 Å². The zero-order valence-corrected chi connectivity index (χ0v) is 4.75. The van der Waals surface area contributed by atoms with Crippen LogP contribution in [0.2, 0.25) is 0 Å². The Labute approximate surface area is 48.2 Å². The van der Waals surface area contributed by atoms with Crippen LogP contribution < -0.4 is 0 Å². The highest BCUT2D eigenvalue weighted by molar-refractivity contribution is 7.78. The highest BCUT2D eigenvalue weighted by Crippen LogP contribution is 1.44. The highest BCUT2D eigenvalue weighted by atomic mass is 32.2. The Bertz CT molecular complexity index is 80.9. The Morgan fingerprint density at radius 3 is 1.71 bits per heavy atom. The van der Waals surface area contributed by atoms with Crippen LogP contribution in [0.1, 0.15) is 0 Å². The maximum Gasteiger partial charge on any atom is 0.299 e. The van der Waals surface area contributed by atoms with Gasteiger partial charge in [0.2, 0.25) is 0 Å². The summed E-state index contributed by atoms with van der Waals surface area (Å²) in [4.78, 5) is 0. The molecule has 0 aromatic heterocycles. The lowest BCUT2D eigenvalue weighted by Crippen LogP contribution is -1.74. The number of hydrogen-bond acceptors (Lipinski definition) is 3. The summed E-state index contributed by atoms with van der Waals surface area (Å²) < 4.78 is 22.8. The second-order valence-corrected chi connectivity index (χ2v) is 0.998. The van der Waals surface area contributed by atoms with Crippen molar-refractivity contribution in [3.05, 3.63) is 0 Å². The minimum absolute atomic E-state index is 1.58. The van der Waals surface area contributed by atoms with Crippen molar-refractivity contribution < 1.29 is 13.3 Å². The molecule has 0 radical (unpaired) electrons. The van der Waals surface area contributed by atoms with Crippen LogP contribution in [0.4, 0.5) is 0 Å². The average Bonchev–Trinajstić information content (AvgIpc) is 1.33. The molecular weight excluding hydrogens is 138 g/mol. The van der Waals surface area contributed by atoms with E-state index >= 15 is 0 Å². The summed E-state index contributed by atoms with van der Waals surface area (Å²) in [7, 11) is 0. The van der Waals surface area contributed by atoms with Crippen molar-refractivity contribution >= 4 is 28.7 Å². The molecule has 4 nitrogen and oxygen atoms in total. The van der Waals surface area contributed by atoms with Gasteiger partial charge in [-0.3, -0.25) is 9.11 Å². The molecular formula is CH3NO3S2. The van der Waals surface area contributed by atoms with Crippen LogP contribution in [0.5, 0.6) is 0 Å². The molecule has 0 aromatic rings. The molecule has 0 aliphatic rings. The fraction of sp³-hybridized carbons (Fsp3) is 0. The molecule has 3 N–H and O–H groups in total. The Morgan fingerprint density at radius 1 is 1.71 bits per heavy atom. The number of thiocarbonyl (C=S) groups is 1. The number of isothiocyanates is 1. The van der Waals surface area contributed by atoms with Gasteiger partial charge in [-0.15, -0.1) is 0 Å². The maximum absolute atomic E-state index is 8.67. The molecule has 0 unspecified atom stereocenters. The first-order valence-corrected chi connectivity index (χ1v) is 2.46. The molecule has 6 heteroatoms. The fourth-order valence-corrected chi connectivity index (χ4v) is 0. The van der Waals surface area contributed by atoms with E-state index in [9.17, 15) is 0 Å². The Balaban J connectivity index is 0. The molecule has 0 saturated heterocycles. The van der Waals surface area contributed by atoms with Gasteiger partial charge in [0.05, 0.1) is 5.16 Å². The number of nitrogens with one attached hydrogen (secondary N) is 1. The van der Waals surface area contributed by atoms with E-state index in [0.717, 1.165) is 0 Å². The van der Waals surface area contributed by atoms with Gasteiger partial charge in [-0.2, -0.15) is 4.21 Å². The predicted octanol–water partition coefficient (Wildman–Crippen LogP) is 0.349. The summed E-state index contributed by atoms with van der Waals surface area (Å²) in [6, 6.07) is 0. The van der Waals surface area contributed by atoms with Crippen LogP contribution in [0.3, 0.4) is 0 Å². The van der Waals surface area contributed by atoms with Gasteiger partial charge in [0, 0.05) is 0 Å². The Morgan fingerprint density at radius 2 is 1.71 bits per heavy atom. The highest BCUT2D eigenvalue weighted by Gasteiger charge is 1.62. The Hall–Kier alpha value is -0.130. The third-order valence-corrected chi connectivity index (χ3v) is 0. The summed E-state index contributed by atoms with van der Waals surface area (Å²) in [5.74, 6) is 0. The van der Waals surface area contributed by atoms with E-state index < -0.39 is 11.4 Å². The molecule has 0 rings (SSSR count). The van der Waals surface area contributed by atoms with E-state index in [-0.39, 0.29) is 0 Å². The third-order valence-electron chi connectivity index (χ3n) is 0. The molecule has 0 fully saturated rings. The van der Waals surface area contributed by atoms with E-state index in [1.807, 2.05) is 0 Å². The van der Waals surface area contributed by atoms with Crippen molar-refractivity contribution in [3.8, 4) is 0 Å². The van der Waals surface area contributed by atoms with E-state index in [2.05, 4.69) is 12.2 Å². The lowest BCUT2D eigenvalue weighted by molar-refractivity contribution is 0.454. The molecule has 0 atom stereocenters. The first kappa shape index (κ1) is 9.98. The molecule has 0 saturated carbocycles. The van der Waals surface area contributed by atoms with Crippen molar-refractivity contribution in [1.29, 1.82) is 5.41 Å². The van der Waals surface area contributed by atoms with Gasteiger partial charge >= 0.3 is 0 Å². The van der Waals surface area contributed by atoms with Crippen LogP contribution in [0.15, 0.2) is 0 Å². The number of hydrogen-bond donors (Lipinski definition) is 3. The first-order chi connectivity index (χ1) is 3.15. The summed E-state index contributed by atoms with van der Waals surface area (Å²) in [5, 5.41) is 7.36. The largest absolute Gasteiger partial charge is 0.299 e. The average molecular weight is 141 g/mol. The third kappa shape index (κ3) is 5200. The Kier molecular flexibility index (Phi) is 13.3. The maximum atomic E-state index is 8.67. The molecule has 0 heterocycles. The van der Waals surface area contributed by atoms with Crippen molar-refractivity contribution in [2.24, 2.45) is 0 Å². The van der Waals surface area contributed by atoms with Crippen LogP contribution in [-0.2, 0) is 11.4 Å². The van der Waals surface area contributed by atoms with Gasteiger partial charge in [0.1, 0.15) is 0 Å². The molecule has 0 aromatic carbocycles. The zero-order chi connectivity index (χ0) is 6.28. The second kappa shape index (κ2) is 9.30. The summed E-state index contributed by atoms with van der Waals surface area (Å²) in [6.07, 6.45) is 0. The van der Waals surface area contributed by atoms with Gasteiger partial charge in [-0.05, 0) is 12.2 Å². The number of rotatable bonds is 0. The molecule has 0 aliphatic heterocycles. The van der Waals surface area contributed by atoms with Gasteiger partial charge in [-0.1, -0.05) is 0 Å². The molecule has 42 valence electrons. The topological polar surface area (TPSA) is 81.4 Å². The van der Waals surface area contributed by atoms with Gasteiger partial charge in [0.25, 0.3) is 11.4 Å². The molecule has 0 bridgehead atoms. The van der Waals surface area contributed by atoms with Crippen LogP contribution >= 0.6 is 12.2 Å². The quantitative estimate of drug-likeness (QED) is 0.258. The smallest absolute Gasteiger partial charge is 0.284 e. The van der Waals surface area contributed by atoms with Crippen molar-refractivity contribution in [3.63, 3.8) is 0 Å². The minimum atomic E-state index is -2.61. The van der Waals surface area contributed by atoms with Crippen molar-refractivity contribution in [2.45, 2.75) is 0 Å². The fourth-order valence-electron chi connectivity index (χ4n) is 0. The van der Waals surface area contributed by atoms with E-state index in [0.29, 0.717) is 0 Å². The van der Waals surface area contributed by atoms with Gasteiger partial charge in [-0.25, -0.2) is 5.41 Å². The van der Waals surface area contributed by atoms with E-state index in [1.54, 1.807) is 5.16 Å². The minimum Gasteiger partial charge on any atom is -0.284 e. The lowest BCUT2D eigenvalue weighted by atomic mass is 11.8. The van der Waals surface area contributed by atoms with Gasteiger partial charge in [0.15, 0.2) is 0 Å². The van der Waals surface area contributed by atoms with E-state index in [1.165, 1.54) is 0 Å². The molecule has 0 spiro atoms. The molecule has 0 amide bonds. The normalized spacial score (nSPS) is 6.14. The monoisotopic (exact) mass is 141 g/mol. The van der Waals surface area contributed by atoms with Gasteiger partial charge < -0.3 is 0 Å². The van der Waals surface area contributed by atoms with Crippen molar-refractivity contribution in [2.75, 3.05) is 0 Å².